The van der Waals surface area contributed by atoms with Gasteiger partial charge in [0.05, 0.1) is 6.20 Å². The topological polar surface area (TPSA) is 56.1 Å². The molecule has 2 heterocycles. The van der Waals surface area contributed by atoms with E-state index < -0.39 is 6.10 Å². The molecular weight excluding hydrogens is 278 g/mol. The number of rotatable bonds is 5. The highest BCUT2D eigenvalue weighted by Gasteiger charge is 2.18. The molecule has 3 rings (SSSR count). The lowest BCUT2D eigenvalue weighted by Crippen LogP contribution is -2.36. The van der Waals surface area contributed by atoms with Crippen LogP contribution in [0.2, 0.25) is 0 Å². The lowest BCUT2D eigenvalue weighted by Gasteiger charge is -2.16. The summed E-state index contributed by atoms with van der Waals surface area (Å²) in [5.74, 6) is 0.590. The van der Waals surface area contributed by atoms with Gasteiger partial charge in [-0.05, 0) is 38.3 Å². The molecule has 1 aliphatic rings. The molecule has 0 bridgehead atoms. The summed E-state index contributed by atoms with van der Waals surface area (Å²) in [4.78, 5) is 12.1. The minimum Gasteiger partial charge on any atom is -0.481 e. The fourth-order valence-electron chi connectivity index (χ4n) is 2.72. The summed E-state index contributed by atoms with van der Waals surface area (Å²) in [7, 11) is 0. The van der Waals surface area contributed by atoms with E-state index in [1.54, 1.807) is 6.92 Å². The molecule has 1 aliphatic heterocycles. The van der Waals surface area contributed by atoms with Gasteiger partial charge in [-0.3, -0.25) is 9.48 Å². The average Bonchev–Trinajstić information content (AvgIpc) is 2.97. The van der Waals surface area contributed by atoms with Crippen molar-refractivity contribution in [2.75, 3.05) is 0 Å². The highest BCUT2D eigenvalue weighted by molar-refractivity contribution is 5.80. The first kappa shape index (κ1) is 14.6. The van der Waals surface area contributed by atoms with E-state index in [-0.39, 0.29) is 5.91 Å². The Morgan fingerprint density at radius 3 is 3.00 bits per heavy atom. The molecule has 0 unspecified atom stereocenters. The maximum absolute atomic E-state index is 12.1. The van der Waals surface area contributed by atoms with E-state index in [0.29, 0.717) is 12.3 Å². The van der Waals surface area contributed by atoms with Crippen molar-refractivity contribution < 1.29 is 9.53 Å². The smallest absolute Gasteiger partial charge is 0.261 e. The first-order valence-electron chi connectivity index (χ1n) is 7.77. The quantitative estimate of drug-likeness (QED) is 0.921. The van der Waals surface area contributed by atoms with Gasteiger partial charge in [0.15, 0.2) is 6.10 Å². The lowest BCUT2D eigenvalue weighted by atomic mass is 10.1. The van der Waals surface area contributed by atoms with Crippen LogP contribution in [-0.4, -0.2) is 21.8 Å². The average molecular weight is 299 g/mol. The van der Waals surface area contributed by atoms with Crippen LogP contribution in [0.3, 0.4) is 0 Å². The van der Waals surface area contributed by atoms with Gasteiger partial charge in [0, 0.05) is 24.3 Å². The van der Waals surface area contributed by atoms with E-state index in [4.69, 9.17) is 4.74 Å². The number of ether oxygens (including phenoxy) is 1. The van der Waals surface area contributed by atoms with Gasteiger partial charge >= 0.3 is 0 Å². The van der Waals surface area contributed by atoms with Crippen molar-refractivity contribution in [1.29, 1.82) is 0 Å². The standard InChI is InChI=1S/C17H21N3O2/c1-13(22-15-7-3-2-4-8-15)17(21)18-11-14-12-19-20-10-6-5-9-16(14)20/h2-4,7-8,12-13H,5-6,9-11H2,1H3,(H,18,21)/t13-/m1/s1. The number of nitrogens with zero attached hydrogens (tertiary/aromatic N) is 2. The Morgan fingerprint density at radius 1 is 1.36 bits per heavy atom. The first-order chi connectivity index (χ1) is 10.7. The Bertz CT molecular complexity index is 637. The molecule has 5 nitrogen and oxygen atoms in total. The van der Waals surface area contributed by atoms with Gasteiger partial charge in [-0.2, -0.15) is 5.10 Å². The second kappa shape index (κ2) is 6.64. The number of benzene rings is 1. The van der Waals surface area contributed by atoms with Gasteiger partial charge in [0.2, 0.25) is 0 Å². The van der Waals surface area contributed by atoms with Crippen LogP contribution in [0.5, 0.6) is 5.75 Å². The molecule has 1 aromatic carbocycles. The molecule has 0 spiro atoms. The van der Waals surface area contributed by atoms with Crippen molar-refractivity contribution in [2.45, 2.75) is 45.4 Å². The minimum atomic E-state index is -0.520. The summed E-state index contributed by atoms with van der Waals surface area (Å²) < 4.78 is 7.68. The molecule has 1 atom stereocenters. The SMILES string of the molecule is C[C@@H](Oc1ccccc1)C(=O)NCc1cnn2c1CCCC2. The second-order valence-electron chi connectivity index (χ2n) is 5.59. The number of hydrogen-bond donors (Lipinski definition) is 1. The molecule has 0 saturated heterocycles. The maximum atomic E-state index is 12.1. The Morgan fingerprint density at radius 2 is 2.18 bits per heavy atom. The van der Waals surface area contributed by atoms with Crippen LogP contribution in [0, 0.1) is 0 Å². The van der Waals surface area contributed by atoms with Gasteiger partial charge < -0.3 is 10.1 Å². The number of carbonyl (C=O) groups excluding carboxylic acids is 1. The molecule has 2 aromatic rings. The number of aromatic nitrogens is 2. The summed E-state index contributed by atoms with van der Waals surface area (Å²) >= 11 is 0. The predicted octanol–water partition coefficient (Wildman–Crippen LogP) is 2.30. The van der Waals surface area contributed by atoms with Crippen LogP contribution < -0.4 is 10.1 Å². The number of fused-ring (bicyclic) bond motifs is 1. The van der Waals surface area contributed by atoms with E-state index in [0.717, 1.165) is 18.5 Å². The fourth-order valence-corrected chi connectivity index (χ4v) is 2.72. The number of carbonyl (C=O) groups is 1. The maximum Gasteiger partial charge on any atom is 0.261 e. The largest absolute Gasteiger partial charge is 0.481 e. The summed E-state index contributed by atoms with van der Waals surface area (Å²) in [5.41, 5.74) is 2.36. The molecule has 5 heteroatoms. The minimum absolute atomic E-state index is 0.111. The second-order valence-corrected chi connectivity index (χ2v) is 5.59. The van der Waals surface area contributed by atoms with Gasteiger partial charge in [0.25, 0.3) is 5.91 Å². The van der Waals surface area contributed by atoms with E-state index >= 15 is 0 Å². The summed E-state index contributed by atoms with van der Waals surface area (Å²) in [6, 6.07) is 9.38. The summed E-state index contributed by atoms with van der Waals surface area (Å²) in [5, 5.41) is 7.32. The van der Waals surface area contributed by atoms with Crippen LogP contribution in [0.1, 0.15) is 31.0 Å². The van der Waals surface area contributed by atoms with Crippen LogP contribution in [0.15, 0.2) is 36.5 Å². The van der Waals surface area contributed by atoms with Crippen molar-refractivity contribution in [3.8, 4) is 5.75 Å². The zero-order valence-corrected chi connectivity index (χ0v) is 12.8. The monoisotopic (exact) mass is 299 g/mol. The molecule has 116 valence electrons. The molecule has 1 amide bonds. The lowest BCUT2D eigenvalue weighted by molar-refractivity contribution is -0.127. The van der Waals surface area contributed by atoms with Crippen LogP contribution in [0.4, 0.5) is 0 Å². The fraction of sp³-hybridized carbons (Fsp3) is 0.412. The van der Waals surface area contributed by atoms with E-state index in [2.05, 4.69) is 15.1 Å². The number of hydrogen-bond acceptors (Lipinski definition) is 3. The molecule has 22 heavy (non-hydrogen) atoms. The summed E-state index contributed by atoms with van der Waals surface area (Å²) in [6.07, 6.45) is 4.77. The number of amides is 1. The first-order valence-corrected chi connectivity index (χ1v) is 7.77. The zero-order chi connectivity index (χ0) is 15.4. The predicted molar refractivity (Wildman–Crippen MR) is 83.5 cm³/mol. The van der Waals surface area contributed by atoms with Crippen molar-refractivity contribution in [3.05, 3.63) is 47.8 Å². The van der Waals surface area contributed by atoms with Crippen molar-refractivity contribution in [3.63, 3.8) is 0 Å². The molecule has 1 N–H and O–H groups in total. The third-order valence-corrected chi connectivity index (χ3v) is 3.95. The highest BCUT2D eigenvalue weighted by Crippen LogP contribution is 2.18. The van der Waals surface area contributed by atoms with Crippen molar-refractivity contribution >= 4 is 5.91 Å². The van der Waals surface area contributed by atoms with Crippen LogP contribution >= 0.6 is 0 Å². The van der Waals surface area contributed by atoms with Gasteiger partial charge in [-0.1, -0.05) is 18.2 Å². The van der Waals surface area contributed by atoms with Gasteiger partial charge in [-0.15, -0.1) is 0 Å². The van der Waals surface area contributed by atoms with Crippen molar-refractivity contribution in [1.82, 2.24) is 15.1 Å². The Hall–Kier alpha value is -2.30. The van der Waals surface area contributed by atoms with Crippen LogP contribution in [-0.2, 0) is 24.3 Å². The molecule has 0 fully saturated rings. The van der Waals surface area contributed by atoms with Gasteiger partial charge in [-0.25, -0.2) is 0 Å². The Kier molecular flexibility index (Phi) is 4.42. The Balaban J connectivity index is 1.55. The normalized spacial score (nSPS) is 15.0. The molecule has 1 aromatic heterocycles. The summed E-state index contributed by atoms with van der Waals surface area (Å²) in [6.45, 7) is 3.25. The zero-order valence-electron chi connectivity index (χ0n) is 12.8. The van der Waals surface area contributed by atoms with E-state index in [1.807, 2.05) is 36.5 Å². The third kappa shape index (κ3) is 3.30. The molecular formula is C17H21N3O2. The molecule has 0 aliphatic carbocycles. The number of para-hydroxylation sites is 1. The van der Waals surface area contributed by atoms with Crippen molar-refractivity contribution in [2.24, 2.45) is 0 Å². The third-order valence-electron chi connectivity index (χ3n) is 3.95. The van der Waals surface area contributed by atoms with E-state index in [1.165, 1.54) is 18.5 Å². The van der Waals surface area contributed by atoms with Crippen LogP contribution in [0.25, 0.3) is 0 Å². The molecule has 0 saturated carbocycles. The highest BCUT2D eigenvalue weighted by atomic mass is 16.5. The number of nitrogens with one attached hydrogen (secondary N) is 1. The van der Waals surface area contributed by atoms with Gasteiger partial charge in [0.1, 0.15) is 5.75 Å². The Labute approximate surface area is 130 Å². The van der Waals surface area contributed by atoms with E-state index in [9.17, 15) is 4.79 Å². The molecule has 0 radical (unpaired) electrons. The number of aryl methyl sites for hydroxylation is 1.